The molecule has 1 saturated heterocycles. The molecule has 20 heavy (non-hydrogen) atoms. The largest absolute Gasteiger partial charge is 0.467 e. The molecule has 2 rings (SSSR count). The number of hydrogen-bond donors (Lipinski definition) is 0. The lowest BCUT2D eigenvalue weighted by Gasteiger charge is -2.32. The molecule has 1 aromatic heterocycles. The van der Waals surface area contributed by atoms with Crippen LogP contribution in [0.15, 0.2) is 22.8 Å². The molecule has 110 valence electrons. The van der Waals surface area contributed by atoms with Crippen LogP contribution in [0.3, 0.4) is 0 Å². The number of likely N-dealkylation sites (tertiary alicyclic amines) is 1. The molecule has 2 heterocycles. The minimum atomic E-state index is -0.185. The van der Waals surface area contributed by atoms with E-state index in [0.717, 1.165) is 19.3 Å². The van der Waals surface area contributed by atoms with Crippen molar-refractivity contribution < 1.29 is 14.0 Å². The van der Waals surface area contributed by atoms with Gasteiger partial charge in [-0.25, -0.2) is 0 Å². The molecule has 1 fully saturated rings. The van der Waals surface area contributed by atoms with E-state index < -0.39 is 0 Å². The highest BCUT2D eigenvalue weighted by Gasteiger charge is 2.47. The molecule has 0 aromatic carbocycles. The lowest BCUT2D eigenvalue weighted by Crippen LogP contribution is -2.35. The molecule has 2 unspecified atom stereocenters. The fourth-order valence-corrected chi connectivity index (χ4v) is 3.12. The van der Waals surface area contributed by atoms with Gasteiger partial charge in [0.15, 0.2) is 0 Å². The number of amides is 2. The highest BCUT2D eigenvalue weighted by Crippen LogP contribution is 2.42. The van der Waals surface area contributed by atoms with E-state index in [0.29, 0.717) is 12.2 Å². The Kier molecular flexibility index (Phi) is 4.31. The van der Waals surface area contributed by atoms with Gasteiger partial charge in [-0.2, -0.15) is 0 Å². The minimum absolute atomic E-state index is 0.0378. The zero-order chi connectivity index (χ0) is 14.8. The van der Waals surface area contributed by atoms with Gasteiger partial charge < -0.3 is 4.42 Å². The fourth-order valence-electron chi connectivity index (χ4n) is 3.12. The van der Waals surface area contributed by atoms with Gasteiger partial charge in [-0.15, -0.1) is 0 Å². The molecule has 4 nitrogen and oxygen atoms in total. The normalized spacial score (nSPS) is 22.4. The Morgan fingerprint density at radius 2 is 2.15 bits per heavy atom. The van der Waals surface area contributed by atoms with Gasteiger partial charge in [0.05, 0.1) is 18.7 Å². The van der Waals surface area contributed by atoms with E-state index >= 15 is 0 Å². The third-order valence-corrected chi connectivity index (χ3v) is 4.61. The van der Waals surface area contributed by atoms with Crippen LogP contribution >= 0.6 is 0 Å². The van der Waals surface area contributed by atoms with E-state index in [2.05, 4.69) is 20.8 Å². The van der Waals surface area contributed by atoms with Gasteiger partial charge >= 0.3 is 0 Å². The summed E-state index contributed by atoms with van der Waals surface area (Å²) in [6, 6.07) is 3.56. The number of imide groups is 1. The zero-order valence-corrected chi connectivity index (χ0v) is 12.5. The quantitative estimate of drug-likeness (QED) is 0.749. The van der Waals surface area contributed by atoms with E-state index in [1.807, 2.05) is 0 Å². The van der Waals surface area contributed by atoms with Gasteiger partial charge in [0.2, 0.25) is 11.8 Å². The zero-order valence-electron chi connectivity index (χ0n) is 12.5. The fraction of sp³-hybridized carbons (Fsp3) is 0.625. The second-order valence-electron chi connectivity index (χ2n) is 5.91. The second-order valence-corrected chi connectivity index (χ2v) is 5.91. The standard InChI is InChI=1S/C16H23NO3/c1-4-8-16(3,5-2)13-10-14(18)17(15(13)19)11-12-7-6-9-20-12/h6-7,9,13H,4-5,8,10-11H2,1-3H3. The molecule has 0 radical (unpaired) electrons. The van der Waals surface area contributed by atoms with Gasteiger partial charge in [-0.05, 0) is 30.4 Å². The summed E-state index contributed by atoms with van der Waals surface area (Å²) in [5, 5.41) is 0. The number of rotatable bonds is 6. The molecule has 4 heteroatoms. The molecule has 0 spiro atoms. The van der Waals surface area contributed by atoms with Crippen molar-refractivity contribution in [2.24, 2.45) is 11.3 Å². The number of carbonyl (C=O) groups is 2. The van der Waals surface area contributed by atoms with Crippen molar-refractivity contribution >= 4 is 11.8 Å². The Bertz CT molecular complexity index is 480. The first kappa shape index (κ1) is 14.8. The highest BCUT2D eigenvalue weighted by atomic mass is 16.3. The SMILES string of the molecule is CCCC(C)(CC)C1CC(=O)N(Cc2ccco2)C1=O. The summed E-state index contributed by atoms with van der Waals surface area (Å²) in [6.45, 7) is 6.61. The molecular formula is C16H23NO3. The predicted molar refractivity (Wildman–Crippen MR) is 75.7 cm³/mol. The molecule has 0 aliphatic carbocycles. The van der Waals surface area contributed by atoms with Crippen LogP contribution in [-0.4, -0.2) is 16.7 Å². The number of furan rings is 1. The van der Waals surface area contributed by atoms with Crippen molar-refractivity contribution in [3.63, 3.8) is 0 Å². The molecule has 2 amide bonds. The second kappa shape index (κ2) is 5.81. The average molecular weight is 277 g/mol. The van der Waals surface area contributed by atoms with E-state index in [4.69, 9.17) is 4.42 Å². The molecule has 1 aliphatic heterocycles. The molecular weight excluding hydrogens is 254 g/mol. The Labute approximate surface area is 120 Å². The topological polar surface area (TPSA) is 50.5 Å². The van der Waals surface area contributed by atoms with Gasteiger partial charge in [0.1, 0.15) is 5.76 Å². The van der Waals surface area contributed by atoms with Gasteiger partial charge in [-0.1, -0.05) is 27.2 Å². The summed E-state index contributed by atoms with van der Waals surface area (Å²) in [7, 11) is 0. The predicted octanol–water partition coefficient (Wildman–Crippen LogP) is 3.37. The van der Waals surface area contributed by atoms with Crippen molar-refractivity contribution in [2.75, 3.05) is 0 Å². The van der Waals surface area contributed by atoms with Crippen LogP contribution in [0.2, 0.25) is 0 Å². The summed E-state index contributed by atoms with van der Waals surface area (Å²) in [6.07, 6.45) is 4.82. The molecule has 2 atom stereocenters. The van der Waals surface area contributed by atoms with Crippen LogP contribution in [0.25, 0.3) is 0 Å². The van der Waals surface area contributed by atoms with Crippen LogP contribution < -0.4 is 0 Å². The molecule has 0 saturated carbocycles. The van der Waals surface area contributed by atoms with Crippen molar-refractivity contribution in [3.05, 3.63) is 24.2 Å². The maximum atomic E-state index is 12.6. The van der Waals surface area contributed by atoms with E-state index in [-0.39, 0.29) is 29.7 Å². The summed E-state index contributed by atoms with van der Waals surface area (Å²) >= 11 is 0. The lowest BCUT2D eigenvalue weighted by molar-refractivity contribution is -0.141. The third-order valence-electron chi connectivity index (χ3n) is 4.61. The Balaban J connectivity index is 2.15. The average Bonchev–Trinajstić information content (AvgIpc) is 3.03. The maximum absolute atomic E-state index is 12.6. The van der Waals surface area contributed by atoms with Crippen LogP contribution in [-0.2, 0) is 16.1 Å². The minimum Gasteiger partial charge on any atom is -0.467 e. The van der Waals surface area contributed by atoms with Crippen LogP contribution in [0.1, 0.15) is 52.2 Å². The van der Waals surface area contributed by atoms with Crippen LogP contribution in [0.5, 0.6) is 0 Å². The summed E-state index contributed by atoms with van der Waals surface area (Å²) in [5.41, 5.74) is -0.0839. The summed E-state index contributed by atoms with van der Waals surface area (Å²) in [5.74, 6) is 0.354. The van der Waals surface area contributed by atoms with Crippen molar-refractivity contribution in [2.45, 2.75) is 53.0 Å². The molecule has 1 aliphatic rings. The van der Waals surface area contributed by atoms with E-state index in [9.17, 15) is 9.59 Å². The van der Waals surface area contributed by atoms with Crippen LogP contribution in [0, 0.1) is 11.3 Å². The Hall–Kier alpha value is -1.58. The monoisotopic (exact) mass is 277 g/mol. The number of carbonyl (C=O) groups excluding carboxylic acids is 2. The van der Waals surface area contributed by atoms with Gasteiger partial charge in [0.25, 0.3) is 0 Å². The summed E-state index contributed by atoms with van der Waals surface area (Å²) in [4.78, 5) is 26.1. The Morgan fingerprint density at radius 3 is 2.70 bits per heavy atom. The van der Waals surface area contributed by atoms with E-state index in [1.54, 1.807) is 18.4 Å². The third kappa shape index (κ3) is 2.65. The van der Waals surface area contributed by atoms with Gasteiger partial charge in [-0.3, -0.25) is 14.5 Å². The molecule has 0 bridgehead atoms. The smallest absolute Gasteiger partial charge is 0.233 e. The van der Waals surface area contributed by atoms with Gasteiger partial charge in [0, 0.05) is 6.42 Å². The first-order chi connectivity index (χ1) is 9.51. The van der Waals surface area contributed by atoms with Crippen molar-refractivity contribution in [1.82, 2.24) is 4.90 Å². The van der Waals surface area contributed by atoms with E-state index in [1.165, 1.54) is 4.90 Å². The highest BCUT2D eigenvalue weighted by molar-refractivity contribution is 6.03. The number of nitrogens with zero attached hydrogens (tertiary/aromatic N) is 1. The molecule has 1 aromatic rings. The first-order valence-electron chi connectivity index (χ1n) is 7.38. The Morgan fingerprint density at radius 1 is 1.40 bits per heavy atom. The van der Waals surface area contributed by atoms with Crippen molar-refractivity contribution in [1.29, 1.82) is 0 Å². The van der Waals surface area contributed by atoms with Crippen LogP contribution in [0.4, 0.5) is 0 Å². The summed E-state index contributed by atoms with van der Waals surface area (Å²) < 4.78 is 5.24. The lowest BCUT2D eigenvalue weighted by atomic mass is 9.71. The maximum Gasteiger partial charge on any atom is 0.233 e. The first-order valence-corrected chi connectivity index (χ1v) is 7.38. The van der Waals surface area contributed by atoms with Crippen molar-refractivity contribution in [3.8, 4) is 0 Å². The molecule has 0 N–H and O–H groups in total. The number of hydrogen-bond acceptors (Lipinski definition) is 3.